The van der Waals surface area contributed by atoms with Crippen molar-refractivity contribution in [3.8, 4) is 0 Å². The molecule has 11 heteroatoms. The SMILES string of the molecule is CCCn1c(SC(C)C(=O)Nc2cc([N+](=O)[O-])ccc2Cl)nc2sc3c(c2c1=O)CCC3. The molecule has 0 spiro atoms. The van der Waals surface area contributed by atoms with E-state index in [-0.39, 0.29) is 27.9 Å². The lowest BCUT2D eigenvalue weighted by Gasteiger charge is -2.16. The Hall–Kier alpha value is -2.43. The van der Waals surface area contributed by atoms with Gasteiger partial charge in [-0.15, -0.1) is 11.3 Å². The number of carbonyl (C=O) groups excluding carboxylic acids is 1. The van der Waals surface area contributed by atoms with Crippen LogP contribution in [-0.2, 0) is 24.2 Å². The minimum absolute atomic E-state index is 0.0481. The molecule has 1 aromatic carbocycles. The summed E-state index contributed by atoms with van der Waals surface area (Å²) in [5.74, 6) is -0.386. The van der Waals surface area contributed by atoms with Crippen LogP contribution in [0.25, 0.3) is 10.2 Å². The summed E-state index contributed by atoms with van der Waals surface area (Å²) in [6.07, 6.45) is 3.72. The van der Waals surface area contributed by atoms with E-state index in [0.717, 1.165) is 41.5 Å². The summed E-state index contributed by atoms with van der Waals surface area (Å²) in [5, 5.41) is 14.5. The smallest absolute Gasteiger partial charge is 0.271 e. The molecule has 2 heterocycles. The number of nitrogens with one attached hydrogen (secondary N) is 1. The van der Waals surface area contributed by atoms with Crippen LogP contribution in [0.5, 0.6) is 0 Å². The van der Waals surface area contributed by atoms with Crippen molar-refractivity contribution in [2.75, 3.05) is 5.32 Å². The van der Waals surface area contributed by atoms with Crippen molar-refractivity contribution in [1.82, 2.24) is 9.55 Å². The first-order chi connectivity index (χ1) is 15.3. The number of aromatic nitrogens is 2. The van der Waals surface area contributed by atoms with E-state index in [1.807, 2.05) is 6.92 Å². The molecule has 1 atom stereocenters. The number of hydrogen-bond donors (Lipinski definition) is 1. The molecule has 1 amide bonds. The van der Waals surface area contributed by atoms with E-state index in [1.54, 1.807) is 22.8 Å². The lowest BCUT2D eigenvalue weighted by atomic mass is 10.2. The third-order valence-corrected chi connectivity index (χ3v) is 7.91. The second-order valence-electron chi connectivity index (χ2n) is 7.56. The number of thioether (sulfide) groups is 1. The summed E-state index contributed by atoms with van der Waals surface area (Å²) in [5.41, 5.74) is 1.09. The van der Waals surface area contributed by atoms with Gasteiger partial charge < -0.3 is 5.32 Å². The lowest BCUT2D eigenvalue weighted by molar-refractivity contribution is -0.384. The van der Waals surface area contributed by atoms with Crippen molar-refractivity contribution < 1.29 is 9.72 Å². The fourth-order valence-corrected chi connectivity index (χ4v) is 6.14. The molecule has 0 bridgehead atoms. The van der Waals surface area contributed by atoms with E-state index >= 15 is 0 Å². The number of thiophene rings is 1. The number of nitro groups is 1. The first-order valence-corrected chi connectivity index (χ1v) is 12.3. The molecule has 1 aliphatic carbocycles. The van der Waals surface area contributed by atoms with Gasteiger partial charge in [-0.1, -0.05) is 30.3 Å². The van der Waals surface area contributed by atoms with Crippen LogP contribution in [0.1, 0.15) is 37.1 Å². The van der Waals surface area contributed by atoms with Crippen LogP contribution < -0.4 is 10.9 Å². The van der Waals surface area contributed by atoms with Crippen LogP contribution >= 0.6 is 34.7 Å². The zero-order valence-corrected chi connectivity index (χ0v) is 19.9. The van der Waals surface area contributed by atoms with Gasteiger partial charge in [-0.25, -0.2) is 4.98 Å². The molecule has 0 radical (unpaired) electrons. The average molecular weight is 493 g/mol. The zero-order valence-electron chi connectivity index (χ0n) is 17.5. The Kier molecular flexibility index (Phi) is 6.55. The highest BCUT2D eigenvalue weighted by atomic mass is 35.5. The van der Waals surface area contributed by atoms with Gasteiger partial charge in [0.2, 0.25) is 5.91 Å². The van der Waals surface area contributed by atoms with Gasteiger partial charge in [0.1, 0.15) is 4.83 Å². The molecule has 32 heavy (non-hydrogen) atoms. The van der Waals surface area contributed by atoms with E-state index in [4.69, 9.17) is 16.6 Å². The molecule has 0 saturated heterocycles. The number of benzene rings is 1. The number of nitrogens with zero attached hydrogens (tertiary/aromatic N) is 3. The molecule has 0 fully saturated rings. The van der Waals surface area contributed by atoms with Crippen molar-refractivity contribution in [3.05, 3.63) is 54.1 Å². The Balaban J connectivity index is 1.62. The fraction of sp³-hybridized carbons (Fsp3) is 0.381. The van der Waals surface area contributed by atoms with Gasteiger partial charge in [-0.2, -0.15) is 0 Å². The third-order valence-electron chi connectivity index (χ3n) is 5.31. The van der Waals surface area contributed by atoms with E-state index < -0.39 is 10.2 Å². The predicted molar refractivity (Wildman–Crippen MR) is 128 cm³/mol. The van der Waals surface area contributed by atoms with Gasteiger partial charge in [-0.05, 0) is 44.2 Å². The highest BCUT2D eigenvalue weighted by Crippen LogP contribution is 2.36. The molecule has 8 nitrogen and oxygen atoms in total. The maximum atomic E-state index is 13.3. The third kappa shape index (κ3) is 4.26. The number of fused-ring (bicyclic) bond motifs is 3. The minimum Gasteiger partial charge on any atom is -0.324 e. The number of hydrogen-bond acceptors (Lipinski definition) is 7. The van der Waals surface area contributed by atoms with Gasteiger partial charge in [0.15, 0.2) is 5.16 Å². The average Bonchev–Trinajstić information content (AvgIpc) is 3.33. The second kappa shape index (κ2) is 9.21. The molecular formula is C21H21ClN4O4S2. The lowest BCUT2D eigenvalue weighted by Crippen LogP contribution is -2.27. The number of rotatable bonds is 7. The van der Waals surface area contributed by atoms with Gasteiger partial charge in [0.25, 0.3) is 11.2 Å². The summed E-state index contributed by atoms with van der Waals surface area (Å²) >= 11 is 8.86. The monoisotopic (exact) mass is 492 g/mol. The van der Waals surface area contributed by atoms with E-state index in [9.17, 15) is 19.7 Å². The molecule has 0 saturated carbocycles. The zero-order chi connectivity index (χ0) is 23.0. The Bertz CT molecular complexity index is 1290. The standard InChI is InChI=1S/C21H21ClN4O4S2/c1-3-9-25-20(28)17-13-5-4-6-16(13)32-19(17)24-21(25)31-11(2)18(27)23-15-10-12(26(29)30)7-8-14(15)22/h7-8,10-11H,3-6,9H2,1-2H3,(H,23,27). The first-order valence-electron chi connectivity index (χ1n) is 10.3. The van der Waals surface area contributed by atoms with Crippen LogP contribution in [0.3, 0.4) is 0 Å². The first kappa shape index (κ1) is 22.8. The van der Waals surface area contributed by atoms with Crippen LogP contribution in [-0.4, -0.2) is 25.6 Å². The molecule has 1 unspecified atom stereocenters. The number of halogens is 1. The number of anilines is 1. The normalized spacial score (nSPS) is 13.8. The highest BCUT2D eigenvalue weighted by Gasteiger charge is 2.25. The van der Waals surface area contributed by atoms with Crippen molar-refractivity contribution in [1.29, 1.82) is 0 Å². The van der Waals surface area contributed by atoms with Crippen molar-refractivity contribution >= 4 is 62.2 Å². The van der Waals surface area contributed by atoms with Gasteiger partial charge in [0, 0.05) is 23.6 Å². The van der Waals surface area contributed by atoms with Crippen molar-refractivity contribution in [2.24, 2.45) is 0 Å². The van der Waals surface area contributed by atoms with Gasteiger partial charge >= 0.3 is 0 Å². The van der Waals surface area contributed by atoms with E-state index in [1.165, 1.54) is 34.8 Å². The van der Waals surface area contributed by atoms with Crippen LogP contribution in [0.4, 0.5) is 11.4 Å². The van der Waals surface area contributed by atoms with E-state index in [2.05, 4.69) is 5.32 Å². The number of nitro benzene ring substituents is 1. The molecule has 1 aliphatic rings. The largest absolute Gasteiger partial charge is 0.324 e. The summed E-state index contributed by atoms with van der Waals surface area (Å²) in [7, 11) is 0. The maximum Gasteiger partial charge on any atom is 0.271 e. The molecule has 2 aromatic heterocycles. The van der Waals surface area contributed by atoms with Crippen molar-refractivity contribution in [3.63, 3.8) is 0 Å². The quantitative estimate of drug-likeness (QED) is 0.214. The number of amides is 1. The Morgan fingerprint density at radius 3 is 2.94 bits per heavy atom. The summed E-state index contributed by atoms with van der Waals surface area (Å²) in [6.45, 7) is 4.20. The fourth-order valence-electron chi connectivity index (χ4n) is 3.74. The summed E-state index contributed by atoms with van der Waals surface area (Å²) in [6, 6.07) is 3.87. The van der Waals surface area contributed by atoms with Crippen LogP contribution in [0.15, 0.2) is 28.2 Å². The van der Waals surface area contributed by atoms with Crippen LogP contribution in [0, 0.1) is 10.1 Å². The Morgan fingerprint density at radius 1 is 1.44 bits per heavy atom. The highest BCUT2D eigenvalue weighted by molar-refractivity contribution is 8.00. The molecule has 3 aromatic rings. The van der Waals surface area contributed by atoms with Crippen molar-refractivity contribution in [2.45, 2.75) is 56.5 Å². The molecule has 0 aliphatic heterocycles. The molecular weight excluding hydrogens is 472 g/mol. The maximum absolute atomic E-state index is 13.3. The predicted octanol–water partition coefficient (Wildman–Crippen LogP) is 5.04. The summed E-state index contributed by atoms with van der Waals surface area (Å²) in [4.78, 5) is 43.3. The number of carbonyl (C=O) groups is 1. The van der Waals surface area contributed by atoms with E-state index in [0.29, 0.717) is 11.7 Å². The summed E-state index contributed by atoms with van der Waals surface area (Å²) < 4.78 is 1.66. The Labute approximate surface area is 197 Å². The second-order valence-corrected chi connectivity index (χ2v) is 10.4. The number of non-ortho nitro benzene ring substituents is 1. The molecule has 1 N–H and O–H groups in total. The topological polar surface area (TPSA) is 107 Å². The molecule has 168 valence electrons. The minimum atomic E-state index is -0.607. The Morgan fingerprint density at radius 2 is 2.22 bits per heavy atom. The van der Waals surface area contributed by atoms with Crippen LogP contribution in [0.2, 0.25) is 5.02 Å². The number of aryl methyl sites for hydroxylation is 2. The molecule has 4 rings (SSSR count). The van der Waals surface area contributed by atoms with Gasteiger partial charge in [0.05, 0.1) is 26.3 Å². The van der Waals surface area contributed by atoms with Gasteiger partial charge in [-0.3, -0.25) is 24.3 Å².